The number of rotatable bonds is 2. The van der Waals surface area contributed by atoms with E-state index in [-0.39, 0.29) is 5.78 Å². The van der Waals surface area contributed by atoms with Gasteiger partial charge in [0.2, 0.25) is 0 Å². The van der Waals surface area contributed by atoms with Crippen molar-refractivity contribution >= 4 is 11.5 Å². The van der Waals surface area contributed by atoms with Crippen LogP contribution in [0, 0.1) is 6.92 Å². The number of aromatic nitrogens is 1. The minimum atomic E-state index is -0.0695. The number of nitrogen functional groups attached to an aromatic ring is 1. The number of hydrogen-bond acceptors (Lipinski definition) is 3. The van der Waals surface area contributed by atoms with Gasteiger partial charge in [0.05, 0.1) is 0 Å². The van der Waals surface area contributed by atoms with E-state index in [0.717, 1.165) is 5.56 Å². The topological polar surface area (TPSA) is 56.0 Å². The van der Waals surface area contributed by atoms with Crippen molar-refractivity contribution in [3.8, 4) is 0 Å². The zero-order valence-electron chi connectivity index (χ0n) is 8.97. The lowest BCUT2D eigenvalue weighted by molar-refractivity contribution is 0.103. The summed E-state index contributed by atoms with van der Waals surface area (Å²) < 4.78 is 0. The molecule has 0 fully saturated rings. The summed E-state index contributed by atoms with van der Waals surface area (Å²) in [6.07, 6.45) is 3.19. The molecule has 0 saturated heterocycles. The van der Waals surface area contributed by atoms with E-state index in [9.17, 15) is 4.79 Å². The van der Waals surface area contributed by atoms with Crippen LogP contribution in [0.15, 0.2) is 42.7 Å². The van der Waals surface area contributed by atoms with Crippen LogP contribution in [0.2, 0.25) is 0 Å². The molecule has 0 bridgehead atoms. The fourth-order valence-electron chi connectivity index (χ4n) is 1.55. The average Bonchev–Trinajstić information content (AvgIpc) is 2.29. The van der Waals surface area contributed by atoms with Crippen LogP contribution in [0.3, 0.4) is 0 Å². The molecule has 2 aromatic rings. The van der Waals surface area contributed by atoms with Crippen molar-refractivity contribution in [3.63, 3.8) is 0 Å². The van der Waals surface area contributed by atoms with Crippen molar-refractivity contribution < 1.29 is 4.79 Å². The number of nitrogens with two attached hydrogens (primary N) is 1. The quantitative estimate of drug-likeness (QED) is 0.613. The van der Waals surface area contributed by atoms with Gasteiger partial charge in [0.25, 0.3) is 0 Å². The number of anilines is 1. The smallest absolute Gasteiger partial charge is 0.195 e. The Morgan fingerprint density at radius 2 is 1.88 bits per heavy atom. The fraction of sp³-hybridized carbons (Fsp3) is 0.0769. The molecular weight excluding hydrogens is 200 g/mol. The number of aryl methyl sites for hydroxylation is 1. The lowest BCUT2D eigenvalue weighted by Crippen LogP contribution is -2.05. The highest BCUT2D eigenvalue weighted by molar-refractivity contribution is 6.12. The second kappa shape index (κ2) is 4.14. The van der Waals surface area contributed by atoms with E-state index in [1.54, 1.807) is 36.7 Å². The number of carbonyl (C=O) groups excluding carboxylic acids is 1. The monoisotopic (exact) mass is 212 g/mol. The molecule has 2 N–H and O–H groups in total. The summed E-state index contributed by atoms with van der Waals surface area (Å²) in [5, 5.41) is 0. The summed E-state index contributed by atoms with van der Waals surface area (Å²) >= 11 is 0. The Bertz CT molecular complexity index is 521. The van der Waals surface area contributed by atoms with E-state index in [0.29, 0.717) is 16.8 Å². The normalized spacial score (nSPS) is 10.1. The van der Waals surface area contributed by atoms with Crippen LogP contribution in [0.1, 0.15) is 21.5 Å². The minimum absolute atomic E-state index is 0.0695. The molecule has 0 atom stereocenters. The Hall–Kier alpha value is -2.16. The molecule has 0 aliphatic carbocycles. The third-order valence-electron chi connectivity index (χ3n) is 2.39. The predicted molar refractivity (Wildman–Crippen MR) is 63.3 cm³/mol. The Morgan fingerprint density at radius 1 is 1.19 bits per heavy atom. The number of pyridine rings is 1. The van der Waals surface area contributed by atoms with Gasteiger partial charge in [0, 0.05) is 29.2 Å². The van der Waals surface area contributed by atoms with Gasteiger partial charge in [-0.05, 0) is 36.8 Å². The highest BCUT2D eigenvalue weighted by atomic mass is 16.1. The zero-order valence-corrected chi connectivity index (χ0v) is 8.97. The molecule has 0 amide bonds. The van der Waals surface area contributed by atoms with E-state index >= 15 is 0 Å². The third kappa shape index (κ3) is 1.93. The summed E-state index contributed by atoms with van der Waals surface area (Å²) in [6.45, 7) is 1.94. The number of hydrogen-bond donors (Lipinski definition) is 1. The van der Waals surface area contributed by atoms with Crippen molar-refractivity contribution in [1.82, 2.24) is 4.98 Å². The predicted octanol–water partition coefficient (Wildman–Crippen LogP) is 2.20. The summed E-state index contributed by atoms with van der Waals surface area (Å²) in [4.78, 5) is 15.9. The highest BCUT2D eigenvalue weighted by Crippen LogP contribution is 2.17. The number of nitrogens with zero attached hydrogens (tertiary/aromatic N) is 1. The maximum atomic E-state index is 12.1. The Balaban J connectivity index is 2.42. The van der Waals surface area contributed by atoms with Crippen molar-refractivity contribution in [2.45, 2.75) is 6.92 Å². The second-order valence-corrected chi connectivity index (χ2v) is 3.66. The van der Waals surface area contributed by atoms with Gasteiger partial charge in [-0.25, -0.2) is 0 Å². The van der Waals surface area contributed by atoms with Crippen LogP contribution >= 0.6 is 0 Å². The van der Waals surface area contributed by atoms with Crippen LogP contribution in [-0.2, 0) is 0 Å². The Kier molecular flexibility index (Phi) is 2.68. The van der Waals surface area contributed by atoms with Crippen molar-refractivity contribution in [1.29, 1.82) is 0 Å². The van der Waals surface area contributed by atoms with Gasteiger partial charge in [0.1, 0.15) is 0 Å². The van der Waals surface area contributed by atoms with Crippen molar-refractivity contribution in [2.75, 3.05) is 5.73 Å². The van der Waals surface area contributed by atoms with Crippen LogP contribution in [0.25, 0.3) is 0 Å². The first-order chi connectivity index (χ1) is 7.68. The molecule has 1 heterocycles. The van der Waals surface area contributed by atoms with Crippen molar-refractivity contribution in [3.05, 3.63) is 59.4 Å². The van der Waals surface area contributed by atoms with Gasteiger partial charge in [-0.1, -0.05) is 6.07 Å². The van der Waals surface area contributed by atoms with E-state index in [2.05, 4.69) is 4.98 Å². The molecule has 0 saturated carbocycles. The Morgan fingerprint density at radius 3 is 2.50 bits per heavy atom. The molecule has 3 heteroatoms. The summed E-state index contributed by atoms with van der Waals surface area (Å²) in [5.74, 6) is -0.0695. The molecule has 80 valence electrons. The first-order valence-corrected chi connectivity index (χ1v) is 4.99. The first-order valence-electron chi connectivity index (χ1n) is 4.99. The van der Waals surface area contributed by atoms with E-state index < -0.39 is 0 Å². The van der Waals surface area contributed by atoms with Crippen LogP contribution in [0.4, 0.5) is 5.69 Å². The average molecular weight is 212 g/mol. The highest BCUT2D eigenvalue weighted by Gasteiger charge is 2.11. The minimum Gasteiger partial charge on any atom is -0.398 e. The molecule has 0 unspecified atom stereocenters. The third-order valence-corrected chi connectivity index (χ3v) is 2.39. The van der Waals surface area contributed by atoms with E-state index in [1.807, 2.05) is 13.0 Å². The maximum absolute atomic E-state index is 12.1. The lowest BCUT2D eigenvalue weighted by Gasteiger charge is -2.05. The molecule has 16 heavy (non-hydrogen) atoms. The molecule has 1 aromatic carbocycles. The van der Waals surface area contributed by atoms with E-state index in [1.165, 1.54) is 0 Å². The van der Waals surface area contributed by atoms with Gasteiger partial charge >= 0.3 is 0 Å². The molecule has 0 radical (unpaired) electrons. The number of ketones is 1. The molecular formula is C13H12N2O. The summed E-state index contributed by atoms with van der Waals surface area (Å²) in [5.41, 5.74) is 8.52. The van der Waals surface area contributed by atoms with Crippen LogP contribution in [-0.4, -0.2) is 10.8 Å². The summed E-state index contributed by atoms with van der Waals surface area (Å²) in [7, 11) is 0. The standard InChI is InChI=1S/C13H12N2O/c1-9-2-3-11(12(14)8-9)13(16)10-4-6-15-7-5-10/h2-8H,14H2,1H3. The SMILES string of the molecule is Cc1ccc(C(=O)c2ccncc2)c(N)c1. The van der Waals surface area contributed by atoms with Crippen LogP contribution in [0.5, 0.6) is 0 Å². The maximum Gasteiger partial charge on any atom is 0.195 e. The lowest BCUT2D eigenvalue weighted by atomic mass is 10.0. The molecule has 1 aromatic heterocycles. The summed E-state index contributed by atoms with van der Waals surface area (Å²) in [6, 6.07) is 8.80. The zero-order chi connectivity index (χ0) is 11.5. The van der Waals surface area contributed by atoms with Gasteiger partial charge in [-0.2, -0.15) is 0 Å². The first kappa shape index (κ1) is 10.4. The Labute approximate surface area is 93.9 Å². The van der Waals surface area contributed by atoms with E-state index in [4.69, 9.17) is 5.73 Å². The van der Waals surface area contributed by atoms with Crippen LogP contribution < -0.4 is 5.73 Å². The number of carbonyl (C=O) groups is 1. The molecule has 2 rings (SSSR count). The largest absolute Gasteiger partial charge is 0.398 e. The fourth-order valence-corrected chi connectivity index (χ4v) is 1.55. The van der Waals surface area contributed by atoms with Gasteiger partial charge < -0.3 is 5.73 Å². The van der Waals surface area contributed by atoms with Gasteiger partial charge in [0.15, 0.2) is 5.78 Å². The molecule has 3 nitrogen and oxygen atoms in total. The molecule has 0 aliphatic rings. The van der Waals surface area contributed by atoms with Gasteiger partial charge in [-0.3, -0.25) is 9.78 Å². The number of benzene rings is 1. The van der Waals surface area contributed by atoms with Crippen molar-refractivity contribution in [2.24, 2.45) is 0 Å². The van der Waals surface area contributed by atoms with Gasteiger partial charge in [-0.15, -0.1) is 0 Å². The molecule has 0 spiro atoms. The molecule has 0 aliphatic heterocycles. The second-order valence-electron chi connectivity index (χ2n) is 3.66.